The summed E-state index contributed by atoms with van der Waals surface area (Å²) < 4.78 is 0. The van der Waals surface area contributed by atoms with Gasteiger partial charge in [-0.05, 0) is 18.6 Å². The molecule has 1 atom stereocenters. The number of pyridine rings is 1. The average molecular weight is 250 g/mol. The fourth-order valence-corrected chi connectivity index (χ4v) is 1.71. The van der Waals surface area contributed by atoms with Gasteiger partial charge in [0.2, 0.25) is 0 Å². The first-order valence-corrected chi connectivity index (χ1v) is 6.36. The van der Waals surface area contributed by atoms with Gasteiger partial charge in [0.1, 0.15) is 5.69 Å². The van der Waals surface area contributed by atoms with Crippen molar-refractivity contribution in [3.63, 3.8) is 0 Å². The van der Waals surface area contributed by atoms with Gasteiger partial charge in [0.05, 0.1) is 0 Å². The third kappa shape index (κ3) is 4.33. The molecule has 0 saturated heterocycles. The molecule has 1 amide bonds. The summed E-state index contributed by atoms with van der Waals surface area (Å²) in [7, 11) is 1.59. The molecule has 100 valence electrons. The molecule has 0 bridgehead atoms. The van der Waals surface area contributed by atoms with Gasteiger partial charge in [0.15, 0.2) is 0 Å². The van der Waals surface area contributed by atoms with Crippen LogP contribution in [0.3, 0.4) is 0 Å². The van der Waals surface area contributed by atoms with E-state index in [1.165, 1.54) is 0 Å². The Labute approximate surface area is 108 Å². The lowest BCUT2D eigenvalue weighted by molar-refractivity contribution is 0.0958. The maximum absolute atomic E-state index is 11.5. The van der Waals surface area contributed by atoms with E-state index in [4.69, 9.17) is 5.73 Å². The quantitative estimate of drug-likeness (QED) is 0.683. The molecule has 1 aromatic rings. The number of rotatable bonds is 7. The molecule has 0 aromatic carbocycles. The van der Waals surface area contributed by atoms with Gasteiger partial charge in [-0.25, -0.2) is 0 Å². The molecule has 1 unspecified atom stereocenters. The van der Waals surface area contributed by atoms with E-state index in [0.29, 0.717) is 12.2 Å². The van der Waals surface area contributed by atoms with Crippen molar-refractivity contribution in [1.82, 2.24) is 10.3 Å². The van der Waals surface area contributed by atoms with Crippen molar-refractivity contribution in [2.45, 2.75) is 32.2 Å². The molecule has 0 aliphatic rings. The Balaban J connectivity index is 2.68. The van der Waals surface area contributed by atoms with E-state index < -0.39 is 0 Å². The lowest BCUT2D eigenvalue weighted by Crippen LogP contribution is -2.29. The summed E-state index contributed by atoms with van der Waals surface area (Å²) in [6.07, 6.45) is 4.95. The first kappa shape index (κ1) is 14.4. The number of unbranched alkanes of at least 4 members (excludes halogenated alkanes) is 1. The SMILES string of the molecule is CCCCC(CN)Nc1ccnc(C(=O)NC)c1. The van der Waals surface area contributed by atoms with Gasteiger partial charge in [-0.1, -0.05) is 19.8 Å². The van der Waals surface area contributed by atoms with Crippen LogP contribution >= 0.6 is 0 Å². The number of carbonyl (C=O) groups is 1. The van der Waals surface area contributed by atoms with Crippen molar-refractivity contribution in [1.29, 1.82) is 0 Å². The lowest BCUT2D eigenvalue weighted by atomic mass is 10.1. The Kier molecular flexibility index (Phi) is 6.14. The van der Waals surface area contributed by atoms with E-state index in [0.717, 1.165) is 24.9 Å². The standard InChI is InChI=1S/C13H22N4O/c1-3-4-5-11(9-14)17-10-6-7-16-12(8-10)13(18)15-2/h6-8,11H,3-5,9,14H2,1-2H3,(H,15,18)(H,16,17). The van der Waals surface area contributed by atoms with Crippen molar-refractivity contribution in [3.8, 4) is 0 Å². The largest absolute Gasteiger partial charge is 0.381 e. The van der Waals surface area contributed by atoms with Crippen LogP contribution in [-0.4, -0.2) is 30.5 Å². The second-order valence-electron chi connectivity index (χ2n) is 4.23. The zero-order valence-electron chi connectivity index (χ0n) is 11.1. The number of anilines is 1. The number of aromatic nitrogens is 1. The molecule has 5 heteroatoms. The van der Waals surface area contributed by atoms with Gasteiger partial charge in [0.25, 0.3) is 5.91 Å². The molecule has 0 saturated carbocycles. The summed E-state index contributed by atoms with van der Waals surface area (Å²) in [5.74, 6) is -0.184. The summed E-state index contributed by atoms with van der Waals surface area (Å²) in [6.45, 7) is 2.74. The summed E-state index contributed by atoms with van der Waals surface area (Å²) >= 11 is 0. The molecule has 1 rings (SSSR count). The van der Waals surface area contributed by atoms with E-state index in [9.17, 15) is 4.79 Å². The Morgan fingerprint density at radius 2 is 2.33 bits per heavy atom. The number of nitrogens with zero attached hydrogens (tertiary/aromatic N) is 1. The number of carbonyl (C=O) groups excluding carboxylic acids is 1. The van der Waals surface area contributed by atoms with Crippen molar-refractivity contribution in [3.05, 3.63) is 24.0 Å². The fourth-order valence-electron chi connectivity index (χ4n) is 1.71. The molecule has 0 radical (unpaired) electrons. The van der Waals surface area contributed by atoms with Gasteiger partial charge < -0.3 is 16.4 Å². The number of hydrogen-bond donors (Lipinski definition) is 3. The highest BCUT2D eigenvalue weighted by atomic mass is 16.1. The van der Waals surface area contributed by atoms with E-state index in [2.05, 4.69) is 22.5 Å². The number of hydrogen-bond acceptors (Lipinski definition) is 4. The minimum absolute atomic E-state index is 0.184. The number of amides is 1. The lowest BCUT2D eigenvalue weighted by Gasteiger charge is -2.18. The third-order valence-corrected chi connectivity index (χ3v) is 2.78. The van der Waals surface area contributed by atoms with Crippen LogP contribution in [0, 0.1) is 0 Å². The number of nitrogens with two attached hydrogens (primary N) is 1. The molecule has 0 aliphatic carbocycles. The molecule has 4 N–H and O–H groups in total. The van der Waals surface area contributed by atoms with Gasteiger partial charge in [-0.3, -0.25) is 9.78 Å². The highest BCUT2D eigenvalue weighted by Crippen LogP contribution is 2.12. The second-order valence-corrected chi connectivity index (χ2v) is 4.23. The molecule has 1 aromatic heterocycles. The van der Waals surface area contributed by atoms with Crippen molar-refractivity contribution in [2.75, 3.05) is 18.9 Å². The smallest absolute Gasteiger partial charge is 0.269 e. The van der Waals surface area contributed by atoms with E-state index in [1.54, 1.807) is 19.3 Å². The first-order valence-electron chi connectivity index (χ1n) is 6.36. The Bertz CT molecular complexity index is 381. The molecule has 0 fully saturated rings. The fraction of sp³-hybridized carbons (Fsp3) is 0.538. The first-order chi connectivity index (χ1) is 8.71. The van der Waals surface area contributed by atoms with Crippen LogP contribution in [0.2, 0.25) is 0 Å². The summed E-state index contributed by atoms with van der Waals surface area (Å²) in [4.78, 5) is 15.5. The van der Waals surface area contributed by atoms with Crippen molar-refractivity contribution in [2.24, 2.45) is 5.73 Å². The molecule has 1 heterocycles. The highest BCUT2D eigenvalue weighted by molar-refractivity contribution is 5.92. The summed E-state index contributed by atoms with van der Waals surface area (Å²) in [6, 6.07) is 3.83. The van der Waals surface area contributed by atoms with E-state index in [1.807, 2.05) is 6.07 Å². The van der Waals surface area contributed by atoms with Crippen LogP contribution in [0.25, 0.3) is 0 Å². The van der Waals surface area contributed by atoms with Crippen LogP contribution in [0.4, 0.5) is 5.69 Å². The van der Waals surface area contributed by atoms with E-state index >= 15 is 0 Å². The second kappa shape index (κ2) is 7.66. The zero-order chi connectivity index (χ0) is 13.4. The topological polar surface area (TPSA) is 80.0 Å². The molecular weight excluding hydrogens is 228 g/mol. The molecule has 18 heavy (non-hydrogen) atoms. The highest BCUT2D eigenvalue weighted by Gasteiger charge is 2.09. The molecule has 0 spiro atoms. The van der Waals surface area contributed by atoms with Gasteiger partial charge in [-0.2, -0.15) is 0 Å². The van der Waals surface area contributed by atoms with Crippen LogP contribution in [0.15, 0.2) is 18.3 Å². The maximum Gasteiger partial charge on any atom is 0.269 e. The van der Waals surface area contributed by atoms with Gasteiger partial charge >= 0.3 is 0 Å². The molecule has 0 aliphatic heterocycles. The van der Waals surface area contributed by atoms with Crippen molar-refractivity contribution >= 4 is 11.6 Å². The van der Waals surface area contributed by atoms with Crippen LogP contribution < -0.4 is 16.4 Å². The third-order valence-electron chi connectivity index (χ3n) is 2.78. The van der Waals surface area contributed by atoms with Crippen LogP contribution in [0.5, 0.6) is 0 Å². The normalized spacial score (nSPS) is 11.9. The van der Waals surface area contributed by atoms with Gasteiger partial charge in [0, 0.05) is 31.5 Å². The van der Waals surface area contributed by atoms with E-state index in [-0.39, 0.29) is 11.9 Å². The summed E-state index contributed by atoms with van der Waals surface area (Å²) in [5.41, 5.74) is 7.02. The number of nitrogens with one attached hydrogen (secondary N) is 2. The average Bonchev–Trinajstić information content (AvgIpc) is 2.42. The molecular formula is C13H22N4O. The Hall–Kier alpha value is -1.62. The molecule has 5 nitrogen and oxygen atoms in total. The maximum atomic E-state index is 11.5. The van der Waals surface area contributed by atoms with Crippen molar-refractivity contribution < 1.29 is 4.79 Å². The Morgan fingerprint density at radius 3 is 2.94 bits per heavy atom. The minimum Gasteiger partial charge on any atom is -0.381 e. The zero-order valence-corrected chi connectivity index (χ0v) is 11.1. The predicted molar refractivity (Wildman–Crippen MR) is 73.6 cm³/mol. The predicted octanol–water partition coefficient (Wildman–Crippen LogP) is 1.37. The minimum atomic E-state index is -0.184. The Morgan fingerprint density at radius 1 is 1.56 bits per heavy atom. The summed E-state index contributed by atoms with van der Waals surface area (Å²) in [5, 5.41) is 5.89. The van der Waals surface area contributed by atoms with Crippen LogP contribution in [-0.2, 0) is 0 Å². The van der Waals surface area contributed by atoms with Gasteiger partial charge in [-0.15, -0.1) is 0 Å². The monoisotopic (exact) mass is 250 g/mol. The van der Waals surface area contributed by atoms with Crippen LogP contribution in [0.1, 0.15) is 36.7 Å².